The molecule has 0 aliphatic carbocycles. The number of aldehydes is 1. The van der Waals surface area contributed by atoms with Crippen LogP contribution in [-0.4, -0.2) is 11.3 Å². The summed E-state index contributed by atoms with van der Waals surface area (Å²) < 4.78 is 0. The molecule has 0 bridgehead atoms. The number of hydrogen-bond donors (Lipinski definition) is 1. The Bertz CT molecular complexity index is 387. The van der Waals surface area contributed by atoms with Gasteiger partial charge in [-0.2, -0.15) is 0 Å². The summed E-state index contributed by atoms with van der Waals surface area (Å²) in [5, 5.41) is 3.54. The van der Waals surface area contributed by atoms with E-state index in [1.807, 2.05) is 12.1 Å². The minimum absolute atomic E-state index is 0. The number of thiocarbonyl (C=S) groups is 1. The summed E-state index contributed by atoms with van der Waals surface area (Å²) in [6, 6.07) is 7.14. The molecule has 0 spiro atoms. The van der Waals surface area contributed by atoms with Crippen molar-refractivity contribution >= 4 is 35.1 Å². The van der Waals surface area contributed by atoms with E-state index in [4.69, 9.17) is 23.8 Å². The zero-order valence-electron chi connectivity index (χ0n) is 8.00. The Kier molecular flexibility index (Phi) is 6.61. The summed E-state index contributed by atoms with van der Waals surface area (Å²) in [6.07, 6.45) is 1.04. The molecule has 0 aliphatic rings. The minimum Gasteiger partial charge on any atom is -0.350 e. The summed E-state index contributed by atoms with van der Waals surface area (Å²) in [6.45, 7) is 3.67. The van der Waals surface area contributed by atoms with Gasteiger partial charge in [-0.05, 0) is 12.1 Å². The Morgan fingerprint density at radius 3 is 2.50 bits per heavy atom. The molecule has 0 saturated carbocycles. The van der Waals surface area contributed by atoms with Crippen LogP contribution in [0.3, 0.4) is 0 Å². The van der Waals surface area contributed by atoms with Crippen LogP contribution in [-0.2, 0) is 4.79 Å². The fourth-order valence-corrected chi connectivity index (χ4v) is 1.39. The van der Waals surface area contributed by atoms with Crippen molar-refractivity contribution in [2.75, 3.05) is 0 Å². The van der Waals surface area contributed by atoms with Crippen molar-refractivity contribution in [1.29, 1.82) is 0 Å². The molecule has 1 aromatic carbocycles. The van der Waals surface area contributed by atoms with Crippen LogP contribution in [0.4, 0.5) is 0 Å². The third-order valence-electron chi connectivity index (χ3n) is 1.73. The third-order valence-corrected chi connectivity index (χ3v) is 2.32. The minimum atomic E-state index is 0. The molecule has 1 N–H and O–H groups in total. The van der Waals surface area contributed by atoms with Crippen molar-refractivity contribution in [2.24, 2.45) is 0 Å². The molecule has 0 fully saturated rings. The van der Waals surface area contributed by atoms with Crippen molar-refractivity contribution in [3.63, 3.8) is 0 Å². The summed E-state index contributed by atoms with van der Waals surface area (Å²) in [7, 11) is 0. The van der Waals surface area contributed by atoms with Gasteiger partial charge in [0, 0.05) is 22.7 Å². The van der Waals surface area contributed by atoms with Crippen LogP contribution in [0.1, 0.15) is 19.4 Å². The second-order valence-corrected chi connectivity index (χ2v) is 3.78. The van der Waals surface area contributed by atoms with E-state index < -0.39 is 0 Å². The van der Waals surface area contributed by atoms with Crippen LogP contribution in [0.5, 0.6) is 0 Å². The number of carbonyl (C=O) groups is 1. The van der Waals surface area contributed by atoms with Crippen molar-refractivity contribution in [3.8, 4) is 0 Å². The Labute approximate surface area is 106 Å². The quantitative estimate of drug-likeness (QED) is 0.661. The van der Waals surface area contributed by atoms with Crippen LogP contribution < -0.4 is 5.32 Å². The van der Waals surface area contributed by atoms with Crippen molar-refractivity contribution in [2.45, 2.75) is 13.8 Å². The van der Waals surface area contributed by atoms with Crippen molar-refractivity contribution < 1.29 is 4.79 Å². The number of rotatable bonds is 4. The highest BCUT2D eigenvalue weighted by Gasteiger charge is 2.01. The van der Waals surface area contributed by atoms with Gasteiger partial charge in [-0.15, -0.1) is 0 Å². The average molecular weight is 256 g/mol. The first kappa shape index (κ1) is 14.8. The van der Waals surface area contributed by atoms with E-state index in [-0.39, 0.29) is 13.8 Å². The van der Waals surface area contributed by atoms with Gasteiger partial charge in [-0.1, -0.05) is 50.0 Å². The van der Waals surface area contributed by atoms with Gasteiger partial charge in [0.1, 0.15) is 11.3 Å². The average Bonchev–Trinajstić information content (AvgIpc) is 2.18. The highest BCUT2D eigenvalue weighted by Crippen LogP contribution is 2.10. The number of benzene rings is 1. The molecule has 0 aliphatic heterocycles. The molecule has 16 heavy (non-hydrogen) atoms. The van der Waals surface area contributed by atoms with Crippen LogP contribution in [0, 0.1) is 0 Å². The largest absolute Gasteiger partial charge is 0.350 e. The van der Waals surface area contributed by atoms with Gasteiger partial charge in [0.15, 0.2) is 0 Å². The van der Waals surface area contributed by atoms with Gasteiger partial charge in [0.2, 0.25) is 0 Å². The van der Waals surface area contributed by atoms with Gasteiger partial charge in [-0.3, -0.25) is 0 Å². The molecule has 1 aromatic rings. The molecule has 4 heteroatoms. The predicted octanol–water partition coefficient (Wildman–Crippen LogP) is 3.34. The maximum atomic E-state index is 10.2. The number of halogens is 1. The zero-order valence-corrected chi connectivity index (χ0v) is 9.57. The van der Waals surface area contributed by atoms with E-state index in [0.29, 0.717) is 15.7 Å². The van der Waals surface area contributed by atoms with Gasteiger partial charge in [0.25, 0.3) is 0 Å². The summed E-state index contributed by atoms with van der Waals surface area (Å²) in [4.78, 5) is 10.8. The molecule has 0 radical (unpaired) electrons. The number of nitrogens with one attached hydrogen (secondary N) is 1. The molecule has 0 unspecified atom stereocenters. The van der Waals surface area contributed by atoms with Crippen LogP contribution in [0.15, 0.2) is 36.5 Å². The van der Waals surface area contributed by atoms with Crippen LogP contribution in [0.2, 0.25) is 5.02 Å². The molecule has 0 atom stereocenters. The molecular formula is C12H14ClNOS. The molecule has 0 heterocycles. The zero-order chi connectivity index (χ0) is 11.3. The lowest BCUT2D eigenvalue weighted by Crippen LogP contribution is -2.21. The van der Waals surface area contributed by atoms with E-state index >= 15 is 0 Å². The van der Waals surface area contributed by atoms with Crippen LogP contribution >= 0.6 is 23.8 Å². The molecule has 2 nitrogen and oxygen atoms in total. The van der Waals surface area contributed by atoms with Crippen molar-refractivity contribution in [1.82, 2.24) is 5.32 Å². The van der Waals surface area contributed by atoms with E-state index in [9.17, 15) is 4.79 Å². The second-order valence-electron chi connectivity index (χ2n) is 2.94. The summed E-state index contributed by atoms with van der Waals surface area (Å²) in [5.41, 5.74) is 1.44. The lowest BCUT2D eigenvalue weighted by atomic mass is 10.2. The van der Waals surface area contributed by atoms with Crippen molar-refractivity contribution in [3.05, 3.63) is 47.1 Å². The summed E-state index contributed by atoms with van der Waals surface area (Å²) >= 11 is 10.9. The standard InChI is InChI=1S/C11H10ClNOS.CH4/c1-8(6-7-14)13-11(15)9-2-4-10(12)5-3-9;/h2-5,7H,1,6H2,(H,13,15);1H4. The first-order valence-corrected chi connectivity index (χ1v) is 5.10. The first-order valence-electron chi connectivity index (χ1n) is 4.32. The maximum absolute atomic E-state index is 10.2. The van der Waals surface area contributed by atoms with Gasteiger partial charge in [0.05, 0.1) is 0 Å². The SMILES string of the molecule is C.C=C(CC=O)NC(=S)c1ccc(Cl)cc1. The smallest absolute Gasteiger partial charge is 0.125 e. The molecule has 86 valence electrons. The fraction of sp³-hybridized carbons (Fsp3) is 0.167. The van der Waals surface area contributed by atoms with Gasteiger partial charge < -0.3 is 10.1 Å². The van der Waals surface area contributed by atoms with E-state index in [1.165, 1.54) is 0 Å². The first-order chi connectivity index (χ1) is 7.13. The Balaban J connectivity index is 0.00000225. The number of allylic oxidation sites excluding steroid dienone is 1. The lowest BCUT2D eigenvalue weighted by molar-refractivity contribution is -0.107. The van der Waals surface area contributed by atoms with Gasteiger partial charge >= 0.3 is 0 Å². The molecule has 0 amide bonds. The Morgan fingerprint density at radius 1 is 1.44 bits per heavy atom. The third kappa shape index (κ3) is 4.55. The fourth-order valence-electron chi connectivity index (χ4n) is 0.986. The van der Waals surface area contributed by atoms with E-state index in [2.05, 4.69) is 11.9 Å². The second kappa shape index (κ2) is 7.14. The summed E-state index contributed by atoms with van der Waals surface area (Å²) in [5.74, 6) is 0. The number of hydrogen-bond acceptors (Lipinski definition) is 2. The van der Waals surface area contributed by atoms with Crippen LogP contribution in [0.25, 0.3) is 0 Å². The molecule has 0 saturated heterocycles. The Hall–Kier alpha value is -1.19. The maximum Gasteiger partial charge on any atom is 0.125 e. The monoisotopic (exact) mass is 255 g/mol. The lowest BCUT2D eigenvalue weighted by Gasteiger charge is -2.08. The normalized spacial score (nSPS) is 8.81. The highest BCUT2D eigenvalue weighted by atomic mass is 35.5. The number of carbonyl (C=O) groups excluding carboxylic acids is 1. The van der Waals surface area contributed by atoms with E-state index in [1.54, 1.807) is 12.1 Å². The topological polar surface area (TPSA) is 29.1 Å². The molecule has 0 aromatic heterocycles. The highest BCUT2D eigenvalue weighted by molar-refractivity contribution is 7.80. The molecule has 1 rings (SSSR count). The Morgan fingerprint density at radius 2 is 2.00 bits per heavy atom. The van der Waals surface area contributed by atoms with E-state index in [0.717, 1.165) is 11.8 Å². The molecular weight excluding hydrogens is 242 g/mol. The van der Waals surface area contributed by atoms with Gasteiger partial charge in [-0.25, -0.2) is 0 Å². The predicted molar refractivity (Wildman–Crippen MR) is 72.8 cm³/mol.